The van der Waals surface area contributed by atoms with E-state index in [4.69, 9.17) is 20.7 Å². The van der Waals surface area contributed by atoms with E-state index in [2.05, 4.69) is 12.2 Å². The van der Waals surface area contributed by atoms with E-state index in [0.717, 1.165) is 19.3 Å². The third-order valence-corrected chi connectivity index (χ3v) is 5.07. The minimum atomic E-state index is -0.937. The Morgan fingerprint density at radius 1 is 0.875 bits per heavy atom. The van der Waals surface area contributed by atoms with Gasteiger partial charge in [0.2, 0.25) is 0 Å². The quantitative estimate of drug-likeness (QED) is 0.165. The lowest BCUT2D eigenvalue weighted by atomic mass is 10.1. The van der Waals surface area contributed by atoms with Gasteiger partial charge in [0, 0.05) is 12.8 Å². The van der Waals surface area contributed by atoms with Crippen molar-refractivity contribution in [3.8, 4) is 0 Å². The molecule has 0 radical (unpaired) electrons. The molecule has 8 heteroatoms. The fourth-order valence-electron chi connectivity index (χ4n) is 2.86. The molecule has 0 rings (SSSR count). The molecular weight excluding hydrogens is 412 g/mol. The molecule has 8 nitrogen and oxygen atoms in total. The normalized spacial score (nSPS) is 12.6. The van der Waals surface area contributed by atoms with Crippen LogP contribution < -0.4 is 11.1 Å². The van der Waals surface area contributed by atoms with Crippen LogP contribution in [0, 0.1) is 5.92 Å². The number of unbranched alkanes of at least 4 members (excludes halogenated alkanes) is 8. The summed E-state index contributed by atoms with van der Waals surface area (Å²) in [7, 11) is 0. The van der Waals surface area contributed by atoms with Gasteiger partial charge in [0.15, 0.2) is 0 Å². The van der Waals surface area contributed by atoms with Crippen LogP contribution in [0.3, 0.4) is 0 Å². The lowest BCUT2D eigenvalue weighted by Gasteiger charge is -2.17. The molecule has 0 aliphatic heterocycles. The zero-order valence-corrected chi connectivity index (χ0v) is 20.7. The van der Waals surface area contributed by atoms with E-state index in [1.165, 1.54) is 44.9 Å². The van der Waals surface area contributed by atoms with Crippen molar-refractivity contribution in [3.63, 3.8) is 0 Å². The van der Waals surface area contributed by atoms with Crippen molar-refractivity contribution in [3.05, 3.63) is 0 Å². The summed E-state index contributed by atoms with van der Waals surface area (Å²) in [4.78, 5) is 32.5. The van der Waals surface area contributed by atoms with Crippen molar-refractivity contribution in [2.75, 3.05) is 13.2 Å². The van der Waals surface area contributed by atoms with Gasteiger partial charge >= 0.3 is 17.9 Å². The Bertz CT molecular complexity index is 485. The molecule has 0 saturated carbocycles. The Kier molecular flexibility index (Phi) is 22.9. The maximum atomic E-state index is 11.4. The average Bonchev–Trinajstić information content (AvgIpc) is 2.74. The number of esters is 1. The van der Waals surface area contributed by atoms with Crippen molar-refractivity contribution >= 4 is 17.9 Å². The van der Waals surface area contributed by atoms with Gasteiger partial charge in [-0.25, -0.2) is 0 Å². The molecule has 0 aromatic heterocycles. The van der Waals surface area contributed by atoms with Crippen LogP contribution in [0.15, 0.2) is 0 Å². The van der Waals surface area contributed by atoms with Crippen LogP contribution in [0.1, 0.15) is 105 Å². The molecule has 2 unspecified atom stereocenters. The number of aliphatic carboxylic acids is 2. The van der Waals surface area contributed by atoms with E-state index in [1.54, 1.807) is 0 Å². The van der Waals surface area contributed by atoms with Gasteiger partial charge < -0.3 is 26.0 Å². The molecule has 0 spiro atoms. The van der Waals surface area contributed by atoms with E-state index < -0.39 is 30.0 Å². The molecule has 0 aliphatic carbocycles. The molecule has 0 heterocycles. The number of nitrogens with one attached hydrogen (secondary N) is 1. The Balaban J connectivity index is 0. The number of nitrogens with two attached hydrogens (primary N) is 1. The van der Waals surface area contributed by atoms with Gasteiger partial charge in [0.1, 0.15) is 12.1 Å². The highest BCUT2D eigenvalue weighted by atomic mass is 16.5. The summed E-state index contributed by atoms with van der Waals surface area (Å²) in [6.07, 6.45) is 12.6. The largest absolute Gasteiger partial charge is 0.481 e. The predicted octanol–water partition coefficient (Wildman–Crippen LogP) is 4.35. The molecule has 0 aromatic carbocycles. The summed E-state index contributed by atoms with van der Waals surface area (Å²) in [5.41, 5.74) is 5.61. The van der Waals surface area contributed by atoms with Crippen LogP contribution >= 0.6 is 0 Å². The van der Waals surface area contributed by atoms with Crippen LogP contribution in [0.5, 0.6) is 0 Å². The first-order valence-electron chi connectivity index (χ1n) is 12.3. The SMILES string of the molecule is CCCCCCCCCCCC(=O)O.CCCNC(CCOC(=O)C(N)C(C)C)C(=O)O. The number of carboxylic acids is 2. The van der Waals surface area contributed by atoms with Crippen molar-refractivity contribution in [2.45, 2.75) is 117 Å². The Labute approximate surface area is 194 Å². The van der Waals surface area contributed by atoms with Gasteiger partial charge in [0.05, 0.1) is 6.61 Å². The molecule has 190 valence electrons. The Hall–Kier alpha value is -1.67. The highest BCUT2D eigenvalue weighted by Gasteiger charge is 2.21. The smallest absolute Gasteiger partial charge is 0.323 e. The fraction of sp³-hybridized carbons (Fsp3) is 0.875. The summed E-state index contributed by atoms with van der Waals surface area (Å²) in [6.45, 7) is 8.52. The third kappa shape index (κ3) is 21.6. The number of ether oxygens (including phenoxy) is 1. The monoisotopic (exact) mass is 460 g/mol. The molecule has 2 atom stereocenters. The lowest BCUT2D eigenvalue weighted by Crippen LogP contribution is -2.40. The number of carbonyl (C=O) groups is 3. The molecule has 32 heavy (non-hydrogen) atoms. The molecule has 0 aromatic rings. The van der Waals surface area contributed by atoms with Crippen molar-refractivity contribution in [2.24, 2.45) is 11.7 Å². The highest BCUT2D eigenvalue weighted by molar-refractivity contribution is 5.76. The first kappa shape index (κ1) is 32.5. The van der Waals surface area contributed by atoms with Gasteiger partial charge in [-0.15, -0.1) is 0 Å². The number of hydrogen-bond donors (Lipinski definition) is 4. The van der Waals surface area contributed by atoms with Crippen LogP contribution in [0.2, 0.25) is 0 Å². The van der Waals surface area contributed by atoms with Gasteiger partial charge in [-0.1, -0.05) is 79.1 Å². The summed E-state index contributed by atoms with van der Waals surface area (Å²) in [6, 6.07) is -1.34. The molecule has 5 N–H and O–H groups in total. The molecule has 0 aliphatic rings. The second-order valence-corrected chi connectivity index (χ2v) is 8.54. The van der Waals surface area contributed by atoms with Crippen molar-refractivity contribution in [1.29, 1.82) is 0 Å². The zero-order valence-electron chi connectivity index (χ0n) is 20.7. The summed E-state index contributed by atoms with van der Waals surface area (Å²) in [5.74, 6) is -2.07. The molecule has 0 fully saturated rings. The number of carbonyl (C=O) groups excluding carboxylic acids is 1. The zero-order chi connectivity index (χ0) is 24.8. The second-order valence-electron chi connectivity index (χ2n) is 8.54. The van der Waals surface area contributed by atoms with E-state index in [-0.39, 0.29) is 18.9 Å². The number of hydrogen-bond acceptors (Lipinski definition) is 6. The summed E-state index contributed by atoms with van der Waals surface area (Å²) < 4.78 is 4.96. The van der Waals surface area contributed by atoms with Crippen LogP contribution in [-0.2, 0) is 19.1 Å². The molecule has 0 saturated heterocycles. The van der Waals surface area contributed by atoms with Gasteiger partial charge in [-0.05, 0) is 25.3 Å². The summed E-state index contributed by atoms with van der Waals surface area (Å²) in [5, 5.41) is 20.2. The number of carboxylic acid groups (broad SMARTS) is 2. The second kappa shape index (κ2) is 22.5. The fourth-order valence-corrected chi connectivity index (χ4v) is 2.86. The average molecular weight is 461 g/mol. The van der Waals surface area contributed by atoms with Crippen molar-refractivity contribution in [1.82, 2.24) is 5.32 Å². The number of rotatable bonds is 19. The first-order valence-corrected chi connectivity index (χ1v) is 12.3. The maximum Gasteiger partial charge on any atom is 0.323 e. The van der Waals surface area contributed by atoms with E-state index in [9.17, 15) is 14.4 Å². The molecule has 0 amide bonds. The highest BCUT2D eigenvalue weighted by Crippen LogP contribution is 2.10. The van der Waals surface area contributed by atoms with E-state index in [0.29, 0.717) is 13.0 Å². The topological polar surface area (TPSA) is 139 Å². The maximum absolute atomic E-state index is 11.4. The molecular formula is C24H48N2O6. The minimum absolute atomic E-state index is 0.00554. The first-order chi connectivity index (χ1) is 15.2. The summed E-state index contributed by atoms with van der Waals surface area (Å²) >= 11 is 0. The van der Waals surface area contributed by atoms with Crippen LogP contribution in [0.4, 0.5) is 0 Å². The van der Waals surface area contributed by atoms with Gasteiger partial charge in [0.25, 0.3) is 0 Å². The van der Waals surface area contributed by atoms with Gasteiger partial charge in [-0.2, -0.15) is 0 Å². The molecule has 0 bridgehead atoms. The minimum Gasteiger partial charge on any atom is -0.481 e. The predicted molar refractivity (Wildman–Crippen MR) is 128 cm³/mol. The van der Waals surface area contributed by atoms with E-state index in [1.807, 2.05) is 20.8 Å². The third-order valence-electron chi connectivity index (χ3n) is 5.07. The Morgan fingerprint density at radius 3 is 1.84 bits per heavy atom. The lowest BCUT2D eigenvalue weighted by molar-refractivity contribution is -0.148. The van der Waals surface area contributed by atoms with Gasteiger partial charge in [-0.3, -0.25) is 14.4 Å². The van der Waals surface area contributed by atoms with Crippen LogP contribution in [-0.4, -0.2) is 53.4 Å². The van der Waals surface area contributed by atoms with Crippen LogP contribution in [0.25, 0.3) is 0 Å². The van der Waals surface area contributed by atoms with Crippen molar-refractivity contribution < 1.29 is 29.3 Å². The standard InChI is InChI=1S/C12H24N2O4.C12H24O2/c1-4-6-14-9(11(15)16)5-7-18-12(17)10(13)8(2)3;1-2-3-4-5-6-7-8-9-10-11-12(13)14/h8-10,14H,4-7,13H2,1-3H3,(H,15,16);2-11H2,1H3,(H,13,14). The van der Waals surface area contributed by atoms with E-state index >= 15 is 0 Å². The Morgan fingerprint density at radius 2 is 1.41 bits per heavy atom.